The Morgan fingerprint density at radius 3 is 2.30 bits per heavy atom. The maximum absolute atomic E-state index is 11.3. The van der Waals surface area contributed by atoms with Gasteiger partial charge in [-0.2, -0.15) is 0 Å². The first-order valence-corrected chi connectivity index (χ1v) is 11.7. The van der Waals surface area contributed by atoms with Crippen LogP contribution in [0.3, 0.4) is 0 Å². The van der Waals surface area contributed by atoms with Gasteiger partial charge in [0.2, 0.25) is 0 Å². The van der Waals surface area contributed by atoms with Gasteiger partial charge in [-0.15, -0.1) is 0 Å². The summed E-state index contributed by atoms with van der Waals surface area (Å²) >= 11 is 0. The fourth-order valence-electron chi connectivity index (χ4n) is 4.47. The van der Waals surface area contributed by atoms with Crippen LogP contribution in [-0.4, -0.2) is 25.3 Å². The van der Waals surface area contributed by atoms with Crippen molar-refractivity contribution in [3.8, 4) is 0 Å². The van der Waals surface area contributed by atoms with E-state index in [1.165, 1.54) is 96.2 Å². The Morgan fingerprint density at radius 1 is 1.04 bits per heavy atom. The van der Waals surface area contributed by atoms with E-state index in [1.54, 1.807) is 0 Å². The first-order valence-electron chi connectivity index (χ1n) is 11.7. The molecule has 0 spiro atoms. The molecule has 0 aromatic heterocycles. The average molecular weight is 379 g/mol. The van der Waals surface area contributed by atoms with E-state index in [4.69, 9.17) is 9.47 Å². The highest BCUT2D eigenvalue weighted by atomic mass is 16.6. The van der Waals surface area contributed by atoms with E-state index in [0.29, 0.717) is 24.5 Å². The Hall–Kier alpha value is -0.830. The van der Waals surface area contributed by atoms with E-state index in [0.717, 1.165) is 12.8 Å². The molecule has 1 saturated carbocycles. The quantitative estimate of drug-likeness (QED) is 0.137. The summed E-state index contributed by atoms with van der Waals surface area (Å²) in [7, 11) is 1.47. The Labute approximate surface area is 167 Å². The molecule has 1 saturated heterocycles. The van der Waals surface area contributed by atoms with Crippen molar-refractivity contribution in [1.29, 1.82) is 0 Å². The second kappa shape index (κ2) is 13.4. The predicted octanol–water partition coefficient (Wildman–Crippen LogP) is 6.74. The summed E-state index contributed by atoms with van der Waals surface area (Å²) in [6.07, 6.45) is 23.6. The van der Waals surface area contributed by atoms with E-state index in [1.807, 2.05) is 0 Å². The zero-order chi connectivity index (χ0) is 19.3. The molecule has 0 N–H and O–H groups in total. The second-order valence-corrected chi connectivity index (χ2v) is 8.54. The zero-order valence-corrected chi connectivity index (χ0v) is 17.8. The molecule has 1 aliphatic heterocycles. The molecule has 27 heavy (non-hydrogen) atoms. The number of allylic oxidation sites excluding steroid dienone is 1. The van der Waals surface area contributed by atoms with E-state index in [9.17, 15) is 4.79 Å². The number of rotatable bonds is 15. The fourth-order valence-corrected chi connectivity index (χ4v) is 4.47. The van der Waals surface area contributed by atoms with Gasteiger partial charge in [-0.1, -0.05) is 77.2 Å². The van der Waals surface area contributed by atoms with Crippen LogP contribution >= 0.6 is 0 Å². The first kappa shape index (κ1) is 22.5. The van der Waals surface area contributed by atoms with Crippen molar-refractivity contribution in [2.45, 2.75) is 122 Å². The molecule has 2 fully saturated rings. The third kappa shape index (κ3) is 8.81. The summed E-state index contributed by atoms with van der Waals surface area (Å²) in [5, 5.41) is 0. The number of fused-ring (bicyclic) bond motifs is 1. The molecule has 0 amide bonds. The largest absolute Gasteiger partial charge is 0.469 e. The van der Waals surface area contributed by atoms with Gasteiger partial charge in [0, 0.05) is 6.42 Å². The van der Waals surface area contributed by atoms with E-state index < -0.39 is 0 Å². The standard InChI is InChI=1S/C24H42O3/c1-3-4-5-6-7-8-9-10-11-12-13-14-15-20-16-17-21(24-23(20)27-24)18-19-22(25)26-2/h15,21,23-24H,3-14,16-19H2,1-2H3/t21-,23+,24-/m1/s1. The molecule has 156 valence electrons. The molecule has 3 heteroatoms. The molecule has 0 radical (unpaired) electrons. The number of ether oxygens (including phenoxy) is 2. The van der Waals surface area contributed by atoms with Crippen molar-refractivity contribution < 1.29 is 14.3 Å². The lowest BCUT2D eigenvalue weighted by Crippen LogP contribution is -2.19. The number of carbonyl (C=O) groups excluding carboxylic acids is 1. The van der Waals surface area contributed by atoms with Crippen LogP contribution in [-0.2, 0) is 14.3 Å². The smallest absolute Gasteiger partial charge is 0.305 e. The third-order valence-electron chi connectivity index (χ3n) is 6.32. The van der Waals surface area contributed by atoms with Gasteiger partial charge in [0.15, 0.2) is 0 Å². The molecule has 3 atom stereocenters. The van der Waals surface area contributed by atoms with E-state index >= 15 is 0 Å². The second-order valence-electron chi connectivity index (χ2n) is 8.54. The maximum Gasteiger partial charge on any atom is 0.305 e. The number of hydrogen-bond acceptors (Lipinski definition) is 3. The first-order chi connectivity index (χ1) is 13.3. The van der Waals surface area contributed by atoms with Crippen LogP contribution in [0, 0.1) is 5.92 Å². The van der Waals surface area contributed by atoms with Gasteiger partial charge >= 0.3 is 5.97 Å². The van der Waals surface area contributed by atoms with Crippen LogP contribution in [0.15, 0.2) is 11.6 Å². The monoisotopic (exact) mass is 378 g/mol. The van der Waals surface area contributed by atoms with Crippen LogP contribution in [0.1, 0.15) is 110 Å². The number of hydrogen-bond donors (Lipinski definition) is 0. The minimum Gasteiger partial charge on any atom is -0.469 e. The van der Waals surface area contributed by atoms with E-state index in [2.05, 4.69) is 13.0 Å². The zero-order valence-electron chi connectivity index (χ0n) is 17.8. The summed E-state index contributed by atoms with van der Waals surface area (Å²) in [5.41, 5.74) is 1.53. The van der Waals surface area contributed by atoms with Crippen molar-refractivity contribution in [2.24, 2.45) is 5.92 Å². The molecule has 1 aliphatic carbocycles. The van der Waals surface area contributed by atoms with Gasteiger partial charge in [-0.05, 0) is 43.6 Å². The Bertz CT molecular complexity index is 443. The fraction of sp³-hybridized carbons (Fsp3) is 0.875. The minimum absolute atomic E-state index is 0.0926. The minimum atomic E-state index is -0.0926. The topological polar surface area (TPSA) is 38.8 Å². The SMILES string of the molecule is CCCCCCCCCCCCCC=C1CC[C@H](CCC(=O)OC)[C@H]2O[C@@H]12. The summed E-state index contributed by atoms with van der Waals surface area (Å²) in [6, 6.07) is 0. The maximum atomic E-state index is 11.3. The molecule has 2 aliphatic rings. The third-order valence-corrected chi connectivity index (χ3v) is 6.32. The highest BCUT2D eigenvalue weighted by molar-refractivity contribution is 5.69. The summed E-state index contributed by atoms with van der Waals surface area (Å²) in [6.45, 7) is 2.28. The molecule has 1 heterocycles. The average Bonchev–Trinajstić information content (AvgIpc) is 3.48. The van der Waals surface area contributed by atoms with Gasteiger partial charge in [-0.25, -0.2) is 0 Å². The predicted molar refractivity (Wildman–Crippen MR) is 112 cm³/mol. The Kier molecular flexibility index (Phi) is 11.1. The van der Waals surface area contributed by atoms with Crippen LogP contribution in [0.25, 0.3) is 0 Å². The summed E-state index contributed by atoms with van der Waals surface area (Å²) in [4.78, 5) is 11.3. The summed E-state index contributed by atoms with van der Waals surface area (Å²) in [5.74, 6) is 0.457. The van der Waals surface area contributed by atoms with Crippen molar-refractivity contribution in [1.82, 2.24) is 0 Å². The van der Waals surface area contributed by atoms with Crippen molar-refractivity contribution in [3.63, 3.8) is 0 Å². The molecule has 2 rings (SSSR count). The molecule has 0 unspecified atom stereocenters. The number of carbonyl (C=O) groups is 1. The van der Waals surface area contributed by atoms with Gasteiger partial charge in [-0.3, -0.25) is 4.79 Å². The molecule has 3 nitrogen and oxygen atoms in total. The lowest BCUT2D eigenvalue weighted by atomic mass is 9.83. The van der Waals surface area contributed by atoms with Crippen molar-refractivity contribution in [3.05, 3.63) is 11.6 Å². The lowest BCUT2D eigenvalue weighted by Gasteiger charge is -2.19. The van der Waals surface area contributed by atoms with Crippen LogP contribution in [0.5, 0.6) is 0 Å². The van der Waals surface area contributed by atoms with Crippen LogP contribution in [0.4, 0.5) is 0 Å². The van der Waals surface area contributed by atoms with Gasteiger partial charge in [0.05, 0.1) is 13.2 Å². The lowest BCUT2D eigenvalue weighted by molar-refractivity contribution is -0.141. The number of methoxy groups -OCH3 is 1. The van der Waals surface area contributed by atoms with Gasteiger partial charge in [0.1, 0.15) is 6.10 Å². The van der Waals surface area contributed by atoms with Gasteiger partial charge in [0.25, 0.3) is 0 Å². The van der Waals surface area contributed by atoms with Crippen LogP contribution in [0.2, 0.25) is 0 Å². The Morgan fingerprint density at radius 2 is 1.67 bits per heavy atom. The molecular weight excluding hydrogens is 336 g/mol. The van der Waals surface area contributed by atoms with E-state index in [-0.39, 0.29) is 5.97 Å². The molecular formula is C24H42O3. The molecule has 0 bridgehead atoms. The van der Waals surface area contributed by atoms with Crippen LogP contribution < -0.4 is 0 Å². The highest BCUT2D eigenvalue weighted by Gasteiger charge is 2.49. The molecule has 0 aromatic carbocycles. The normalized spacial score (nSPS) is 25.4. The molecule has 0 aromatic rings. The number of esters is 1. The highest BCUT2D eigenvalue weighted by Crippen LogP contribution is 2.45. The number of epoxide rings is 1. The van der Waals surface area contributed by atoms with Gasteiger partial charge < -0.3 is 9.47 Å². The summed E-state index contributed by atoms with van der Waals surface area (Å²) < 4.78 is 10.7. The number of unbranched alkanes of at least 4 members (excludes halogenated alkanes) is 11. The van der Waals surface area contributed by atoms with Crippen molar-refractivity contribution in [2.75, 3.05) is 7.11 Å². The van der Waals surface area contributed by atoms with Crippen molar-refractivity contribution >= 4 is 5.97 Å². The Balaban J connectivity index is 1.44.